The fourth-order valence-electron chi connectivity index (χ4n) is 1.18. The van der Waals surface area contributed by atoms with E-state index in [-0.39, 0.29) is 13.0 Å². The van der Waals surface area contributed by atoms with E-state index in [9.17, 15) is 9.59 Å². The largest absolute Gasteiger partial charge is 0.465 e. The first-order chi connectivity index (χ1) is 6.65. The zero-order valence-corrected chi connectivity index (χ0v) is 10.8. The van der Waals surface area contributed by atoms with Gasteiger partial charge in [0, 0.05) is 0 Å². The van der Waals surface area contributed by atoms with E-state index in [2.05, 4.69) is 0 Å². The Kier molecular flexibility index (Phi) is 4.48. The SMILES string of the molecule is CCOC(=O)[C@@](N)(CC(N)=O)[Si](C)(C)C. The molecule has 15 heavy (non-hydrogen) atoms. The molecule has 5 nitrogen and oxygen atoms in total. The van der Waals surface area contributed by atoms with Crippen molar-refractivity contribution in [3.05, 3.63) is 0 Å². The standard InChI is InChI=1S/C9H20N2O3Si/c1-5-14-8(13)9(11,6-7(10)12)15(2,3)4/h5-6,11H2,1-4H3,(H2,10,12)/t9-/m1/s1. The van der Waals surface area contributed by atoms with Gasteiger partial charge in [-0.15, -0.1) is 0 Å². The summed E-state index contributed by atoms with van der Waals surface area (Å²) in [6.07, 6.45) is -0.151. The second kappa shape index (κ2) is 4.76. The van der Waals surface area contributed by atoms with E-state index in [4.69, 9.17) is 16.2 Å². The van der Waals surface area contributed by atoms with E-state index >= 15 is 0 Å². The van der Waals surface area contributed by atoms with Gasteiger partial charge in [0.25, 0.3) is 0 Å². The van der Waals surface area contributed by atoms with Gasteiger partial charge in [0.2, 0.25) is 5.91 Å². The van der Waals surface area contributed by atoms with Crippen molar-refractivity contribution in [2.75, 3.05) is 6.61 Å². The van der Waals surface area contributed by atoms with Gasteiger partial charge in [-0.25, -0.2) is 0 Å². The highest BCUT2D eigenvalue weighted by Gasteiger charge is 2.48. The molecule has 0 saturated carbocycles. The summed E-state index contributed by atoms with van der Waals surface area (Å²) in [5.74, 6) is -1.10. The molecule has 0 aromatic heterocycles. The van der Waals surface area contributed by atoms with Crippen molar-refractivity contribution in [2.45, 2.75) is 38.1 Å². The summed E-state index contributed by atoms with van der Waals surface area (Å²) in [5, 5.41) is -1.23. The van der Waals surface area contributed by atoms with Crippen LogP contribution in [0.25, 0.3) is 0 Å². The fourth-order valence-corrected chi connectivity index (χ4v) is 2.57. The van der Waals surface area contributed by atoms with Gasteiger partial charge in [-0.1, -0.05) is 19.6 Å². The van der Waals surface area contributed by atoms with E-state index in [1.54, 1.807) is 6.92 Å². The number of carbonyl (C=O) groups is 2. The van der Waals surface area contributed by atoms with E-state index in [0.29, 0.717) is 0 Å². The molecule has 0 radical (unpaired) electrons. The van der Waals surface area contributed by atoms with Crippen LogP contribution < -0.4 is 11.5 Å². The quantitative estimate of drug-likeness (QED) is 0.515. The minimum Gasteiger partial charge on any atom is -0.465 e. The molecule has 0 saturated heterocycles. The van der Waals surface area contributed by atoms with Crippen molar-refractivity contribution in [1.29, 1.82) is 0 Å². The number of esters is 1. The molecule has 0 fully saturated rings. The molecule has 0 heterocycles. The van der Waals surface area contributed by atoms with Crippen molar-refractivity contribution in [2.24, 2.45) is 11.5 Å². The molecule has 0 unspecified atom stereocenters. The summed E-state index contributed by atoms with van der Waals surface area (Å²) in [4.78, 5) is 22.7. The molecular weight excluding hydrogens is 212 g/mol. The third kappa shape index (κ3) is 3.31. The second-order valence-corrected chi connectivity index (χ2v) is 9.98. The Morgan fingerprint density at radius 3 is 2.07 bits per heavy atom. The van der Waals surface area contributed by atoms with Gasteiger partial charge in [-0.2, -0.15) is 0 Å². The number of amides is 1. The van der Waals surface area contributed by atoms with Crippen molar-refractivity contribution < 1.29 is 14.3 Å². The molecule has 0 bridgehead atoms. The van der Waals surface area contributed by atoms with Crippen molar-refractivity contribution in [3.8, 4) is 0 Å². The number of carbonyl (C=O) groups excluding carboxylic acids is 2. The van der Waals surface area contributed by atoms with Crippen LogP contribution in [0.5, 0.6) is 0 Å². The van der Waals surface area contributed by atoms with Crippen molar-refractivity contribution >= 4 is 20.0 Å². The number of primary amides is 1. The average molecular weight is 232 g/mol. The van der Waals surface area contributed by atoms with Crippen LogP contribution in [0.1, 0.15) is 13.3 Å². The molecule has 0 aliphatic heterocycles. The Morgan fingerprint density at radius 2 is 1.80 bits per heavy atom. The van der Waals surface area contributed by atoms with Gasteiger partial charge >= 0.3 is 5.97 Å². The summed E-state index contributed by atoms with van der Waals surface area (Å²) < 4.78 is 4.90. The molecule has 0 aromatic rings. The maximum absolute atomic E-state index is 11.7. The Hall–Kier alpha value is -0.883. The predicted molar refractivity (Wildman–Crippen MR) is 60.7 cm³/mol. The number of hydrogen-bond acceptors (Lipinski definition) is 4. The third-order valence-electron chi connectivity index (χ3n) is 2.43. The molecule has 0 aliphatic rings. The Labute approximate surface area is 91.2 Å². The van der Waals surface area contributed by atoms with Crippen LogP contribution in [0.15, 0.2) is 0 Å². The van der Waals surface area contributed by atoms with Gasteiger partial charge in [-0.05, 0) is 6.92 Å². The molecule has 0 rings (SSSR count). The molecule has 0 aliphatic carbocycles. The van der Waals surface area contributed by atoms with E-state index in [1.165, 1.54) is 0 Å². The van der Waals surface area contributed by atoms with E-state index in [1.807, 2.05) is 19.6 Å². The monoisotopic (exact) mass is 232 g/mol. The topological polar surface area (TPSA) is 95.4 Å². The lowest BCUT2D eigenvalue weighted by Gasteiger charge is -2.36. The van der Waals surface area contributed by atoms with Gasteiger partial charge in [-0.3, -0.25) is 9.59 Å². The van der Waals surface area contributed by atoms with E-state index in [0.717, 1.165) is 0 Å². The minimum absolute atomic E-state index is 0.151. The van der Waals surface area contributed by atoms with Gasteiger partial charge in [0.05, 0.1) is 21.1 Å². The van der Waals surface area contributed by atoms with Crippen LogP contribution in [0.3, 0.4) is 0 Å². The van der Waals surface area contributed by atoms with Crippen molar-refractivity contribution in [1.82, 2.24) is 0 Å². The first-order valence-corrected chi connectivity index (χ1v) is 8.39. The maximum atomic E-state index is 11.7. The highest BCUT2D eigenvalue weighted by Crippen LogP contribution is 2.23. The molecule has 6 heteroatoms. The van der Waals surface area contributed by atoms with Gasteiger partial charge < -0.3 is 16.2 Å². The highest BCUT2D eigenvalue weighted by molar-refractivity contribution is 6.82. The summed E-state index contributed by atoms with van der Waals surface area (Å²) in [6.45, 7) is 7.68. The van der Waals surface area contributed by atoms with Crippen LogP contribution in [-0.4, -0.2) is 31.7 Å². The maximum Gasteiger partial charge on any atom is 0.323 e. The van der Waals surface area contributed by atoms with Crippen LogP contribution >= 0.6 is 0 Å². The summed E-state index contributed by atoms with van der Waals surface area (Å²) in [6, 6.07) is 0. The summed E-state index contributed by atoms with van der Waals surface area (Å²) >= 11 is 0. The number of rotatable bonds is 5. The minimum atomic E-state index is -2.07. The number of nitrogens with two attached hydrogens (primary N) is 2. The Morgan fingerprint density at radius 1 is 1.33 bits per heavy atom. The normalized spacial score (nSPS) is 15.5. The summed E-state index contributed by atoms with van der Waals surface area (Å²) in [7, 11) is -2.07. The molecule has 4 N–H and O–H groups in total. The summed E-state index contributed by atoms with van der Waals surface area (Å²) in [5.41, 5.74) is 11.1. The second-order valence-electron chi connectivity index (χ2n) is 4.58. The molecule has 88 valence electrons. The first kappa shape index (κ1) is 14.1. The zero-order chi connectivity index (χ0) is 12.3. The Balaban J connectivity index is 5.02. The third-order valence-corrected chi connectivity index (χ3v) is 5.49. The van der Waals surface area contributed by atoms with Crippen LogP contribution in [0, 0.1) is 0 Å². The first-order valence-electron chi connectivity index (χ1n) is 4.89. The molecule has 1 amide bonds. The van der Waals surface area contributed by atoms with Crippen LogP contribution in [0.4, 0.5) is 0 Å². The van der Waals surface area contributed by atoms with Crippen LogP contribution in [0.2, 0.25) is 19.6 Å². The predicted octanol–water partition coefficient (Wildman–Crippen LogP) is -0.000200. The molecule has 0 aromatic carbocycles. The highest BCUT2D eigenvalue weighted by atomic mass is 28.3. The average Bonchev–Trinajstić information content (AvgIpc) is 2.01. The number of hydrogen-bond donors (Lipinski definition) is 2. The Bertz CT molecular complexity index is 263. The fraction of sp³-hybridized carbons (Fsp3) is 0.778. The smallest absolute Gasteiger partial charge is 0.323 e. The zero-order valence-electron chi connectivity index (χ0n) is 9.79. The molecule has 1 atom stereocenters. The number of ether oxygens (including phenoxy) is 1. The lowest BCUT2D eigenvalue weighted by molar-refractivity contribution is -0.148. The van der Waals surface area contributed by atoms with Gasteiger partial charge in [0.15, 0.2) is 0 Å². The lowest BCUT2D eigenvalue weighted by atomic mass is 10.2. The van der Waals surface area contributed by atoms with Gasteiger partial charge in [0.1, 0.15) is 5.16 Å². The van der Waals surface area contributed by atoms with Crippen LogP contribution in [-0.2, 0) is 14.3 Å². The lowest BCUT2D eigenvalue weighted by Crippen LogP contribution is -2.66. The molecular formula is C9H20N2O3Si. The van der Waals surface area contributed by atoms with Crippen molar-refractivity contribution in [3.63, 3.8) is 0 Å². The van der Waals surface area contributed by atoms with E-state index < -0.39 is 25.1 Å². The molecule has 0 spiro atoms.